The molecule has 6 nitrogen and oxygen atoms in total. The molecule has 0 saturated heterocycles. The zero-order chi connectivity index (χ0) is 23.5. The lowest BCUT2D eigenvalue weighted by Gasteiger charge is -2.13. The number of aryl methyl sites for hydroxylation is 2. The van der Waals surface area contributed by atoms with Crippen LogP contribution in [-0.4, -0.2) is 37.2 Å². The summed E-state index contributed by atoms with van der Waals surface area (Å²) in [4.78, 5) is 15.0. The van der Waals surface area contributed by atoms with Crippen molar-refractivity contribution in [3.05, 3.63) is 77.1 Å². The van der Waals surface area contributed by atoms with E-state index in [1.165, 1.54) is 18.3 Å². The van der Waals surface area contributed by atoms with Crippen LogP contribution in [-0.2, 0) is 16.4 Å². The van der Waals surface area contributed by atoms with Crippen LogP contribution in [0.4, 0.5) is 0 Å². The molecule has 0 saturated carbocycles. The first-order valence-corrected chi connectivity index (χ1v) is 11.9. The van der Waals surface area contributed by atoms with E-state index >= 15 is 0 Å². The molecular formula is C25H27N3O3S. The topological polar surface area (TPSA) is 83.2 Å². The summed E-state index contributed by atoms with van der Waals surface area (Å²) in [5, 5.41) is 10.2. The monoisotopic (exact) mass is 449 g/mol. The number of hydrogen-bond acceptors (Lipinski definition) is 5. The van der Waals surface area contributed by atoms with Crippen LogP contribution in [0.2, 0.25) is 0 Å². The average molecular weight is 450 g/mol. The van der Waals surface area contributed by atoms with Gasteiger partial charge in [0.2, 0.25) is 5.78 Å². The van der Waals surface area contributed by atoms with Crippen molar-refractivity contribution in [3.63, 3.8) is 0 Å². The maximum atomic E-state index is 13.7. The Morgan fingerprint density at radius 3 is 2.41 bits per heavy atom. The number of fused-ring (bicyclic) bond motifs is 1. The molecule has 7 heteroatoms. The van der Waals surface area contributed by atoms with E-state index in [2.05, 4.69) is 6.92 Å². The van der Waals surface area contributed by atoms with Gasteiger partial charge in [-0.05, 0) is 49.6 Å². The SMILES string of the molecule is CCCCc1ccc2cc(C(=O)/C(C#N)=C/N(C)C)n(S(=O)(=O)c3ccc(C)cc3)c2c1. The Morgan fingerprint density at radius 2 is 1.81 bits per heavy atom. The second kappa shape index (κ2) is 9.41. The molecule has 32 heavy (non-hydrogen) atoms. The first-order chi connectivity index (χ1) is 15.2. The molecule has 1 heterocycles. The summed E-state index contributed by atoms with van der Waals surface area (Å²) in [6.45, 7) is 3.97. The van der Waals surface area contributed by atoms with Crippen molar-refractivity contribution in [2.24, 2.45) is 0 Å². The summed E-state index contributed by atoms with van der Waals surface area (Å²) < 4.78 is 28.5. The van der Waals surface area contributed by atoms with Crippen LogP contribution in [0.25, 0.3) is 10.9 Å². The number of ketones is 1. The number of nitrogens with zero attached hydrogens (tertiary/aromatic N) is 3. The molecule has 0 fully saturated rings. The number of carbonyl (C=O) groups excluding carboxylic acids is 1. The van der Waals surface area contributed by atoms with Gasteiger partial charge in [0.15, 0.2) is 0 Å². The second-order valence-corrected chi connectivity index (χ2v) is 9.84. The van der Waals surface area contributed by atoms with Crippen LogP contribution in [0, 0.1) is 18.3 Å². The molecule has 0 aliphatic rings. The number of benzene rings is 2. The van der Waals surface area contributed by atoms with Gasteiger partial charge in [-0.1, -0.05) is 43.2 Å². The summed E-state index contributed by atoms with van der Waals surface area (Å²) in [6.07, 6.45) is 4.21. The smallest absolute Gasteiger partial charge is 0.268 e. The molecule has 0 aliphatic heterocycles. The Hall–Kier alpha value is -3.37. The molecule has 0 atom stereocenters. The molecular weight excluding hydrogens is 422 g/mol. The van der Waals surface area contributed by atoms with Gasteiger partial charge in [-0.15, -0.1) is 0 Å². The number of nitriles is 1. The van der Waals surface area contributed by atoms with Gasteiger partial charge in [0, 0.05) is 25.7 Å². The fourth-order valence-corrected chi connectivity index (χ4v) is 5.03. The highest BCUT2D eigenvalue weighted by atomic mass is 32.2. The highest BCUT2D eigenvalue weighted by Gasteiger charge is 2.28. The molecule has 3 rings (SSSR count). The van der Waals surface area contributed by atoms with E-state index in [0.717, 1.165) is 34.4 Å². The molecule has 0 radical (unpaired) electrons. The minimum Gasteiger partial charge on any atom is -0.382 e. The Kier molecular flexibility index (Phi) is 6.85. The van der Waals surface area contributed by atoms with Gasteiger partial charge in [-0.3, -0.25) is 4.79 Å². The number of Topliss-reactive ketones (excluding diaryl/α,β-unsaturated/α-hetero) is 1. The lowest BCUT2D eigenvalue weighted by atomic mass is 10.1. The molecule has 0 N–H and O–H groups in total. The van der Waals surface area contributed by atoms with E-state index < -0.39 is 15.8 Å². The average Bonchev–Trinajstić information content (AvgIpc) is 3.15. The van der Waals surface area contributed by atoms with Gasteiger partial charge in [-0.2, -0.15) is 5.26 Å². The van der Waals surface area contributed by atoms with Crippen molar-refractivity contribution in [2.45, 2.75) is 38.0 Å². The van der Waals surface area contributed by atoms with E-state index in [4.69, 9.17) is 0 Å². The third-order valence-electron chi connectivity index (χ3n) is 5.19. The standard InChI is InChI=1S/C25H27N3O3S/c1-5-6-7-19-10-11-20-15-24(25(29)21(16-26)17-27(3)4)28(23(20)14-19)32(30,31)22-12-8-18(2)9-13-22/h8-15,17H,5-7H2,1-4H3/b21-17+. The molecule has 2 aromatic carbocycles. The maximum Gasteiger partial charge on any atom is 0.268 e. The Bertz CT molecular complexity index is 1330. The van der Waals surface area contributed by atoms with Gasteiger partial charge in [0.1, 0.15) is 17.3 Å². The van der Waals surface area contributed by atoms with Crippen LogP contribution in [0.1, 0.15) is 41.4 Å². The third kappa shape index (κ3) is 4.61. The van der Waals surface area contributed by atoms with Crippen molar-refractivity contribution in [3.8, 4) is 6.07 Å². The Balaban J connectivity index is 2.31. The first-order valence-electron chi connectivity index (χ1n) is 10.5. The summed E-state index contributed by atoms with van der Waals surface area (Å²) in [5.41, 5.74) is 2.18. The number of aromatic nitrogens is 1. The van der Waals surface area contributed by atoms with Crippen LogP contribution in [0.15, 0.2) is 65.2 Å². The quantitative estimate of drug-likeness (QED) is 0.283. The molecule has 0 unspecified atom stereocenters. The Morgan fingerprint density at radius 1 is 1.12 bits per heavy atom. The summed E-state index contributed by atoms with van der Waals surface area (Å²) in [6, 6.07) is 15.6. The fourth-order valence-electron chi connectivity index (χ4n) is 3.53. The zero-order valence-corrected chi connectivity index (χ0v) is 19.6. The van der Waals surface area contributed by atoms with E-state index in [9.17, 15) is 18.5 Å². The predicted octanol–water partition coefficient (Wildman–Crippen LogP) is 4.68. The van der Waals surface area contributed by atoms with Crippen LogP contribution >= 0.6 is 0 Å². The molecule has 3 aromatic rings. The predicted molar refractivity (Wildman–Crippen MR) is 126 cm³/mol. The van der Waals surface area contributed by atoms with Crippen molar-refractivity contribution in [1.29, 1.82) is 5.26 Å². The molecule has 0 aliphatic carbocycles. The first kappa shape index (κ1) is 23.3. The van der Waals surface area contributed by atoms with Crippen molar-refractivity contribution >= 4 is 26.7 Å². The van der Waals surface area contributed by atoms with Gasteiger partial charge < -0.3 is 4.90 Å². The van der Waals surface area contributed by atoms with Crippen molar-refractivity contribution in [2.75, 3.05) is 14.1 Å². The van der Waals surface area contributed by atoms with Crippen LogP contribution in [0.5, 0.6) is 0 Å². The molecule has 0 amide bonds. The van der Waals surface area contributed by atoms with E-state index in [-0.39, 0.29) is 16.2 Å². The summed E-state index contributed by atoms with van der Waals surface area (Å²) in [5.74, 6) is -0.636. The van der Waals surface area contributed by atoms with Gasteiger partial charge in [-0.25, -0.2) is 12.4 Å². The minimum atomic E-state index is -4.08. The largest absolute Gasteiger partial charge is 0.382 e. The van der Waals surface area contributed by atoms with Crippen molar-refractivity contribution in [1.82, 2.24) is 8.87 Å². The lowest BCUT2D eigenvalue weighted by molar-refractivity contribution is 0.103. The highest BCUT2D eigenvalue weighted by Crippen LogP contribution is 2.29. The lowest BCUT2D eigenvalue weighted by Crippen LogP contribution is -2.20. The van der Waals surface area contributed by atoms with Crippen LogP contribution < -0.4 is 0 Å². The second-order valence-electron chi connectivity index (χ2n) is 8.06. The maximum absolute atomic E-state index is 13.7. The van der Waals surface area contributed by atoms with Crippen LogP contribution in [0.3, 0.4) is 0 Å². The number of allylic oxidation sites excluding steroid dienone is 1. The number of carbonyl (C=O) groups is 1. The van der Waals surface area contributed by atoms with E-state index in [1.807, 2.05) is 31.2 Å². The number of rotatable bonds is 8. The van der Waals surface area contributed by atoms with Crippen molar-refractivity contribution < 1.29 is 13.2 Å². The van der Waals surface area contributed by atoms with E-state index in [1.54, 1.807) is 37.2 Å². The van der Waals surface area contributed by atoms with Gasteiger partial charge in [0.25, 0.3) is 10.0 Å². The normalized spacial score (nSPS) is 12.0. The highest BCUT2D eigenvalue weighted by molar-refractivity contribution is 7.90. The molecule has 0 spiro atoms. The van der Waals surface area contributed by atoms with E-state index in [0.29, 0.717) is 10.9 Å². The van der Waals surface area contributed by atoms with Gasteiger partial charge >= 0.3 is 0 Å². The Labute approximate surface area is 189 Å². The number of unbranched alkanes of at least 4 members (excludes halogenated alkanes) is 1. The minimum absolute atomic E-state index is 0.0529. The summed E-state index contributed by atoms with van der Waals surface area (Å²) in [7, 11) is -0.681. The van der Waals surface area contributed by atoms with Gasteiger partial charge in [0.05, 0.1) is 10.4 Å². The zero-order valence-electron chi connectivity index (χ0n) is 18.8. The molecule has 0 bridgehead atoms. The fraction of sp³-hybridized carbons (Fsp3) is 0.280. The molecule has 166 valence electrons. The summed E-state index contributed by atoms with van der Waals surface area (Å²) >= 11 is 0. The molecule has 1 aromatic heterocycles. The third-order valence-corrected chi connectivity index (χ3v) is 6.93. The number of hydrogen-bond donors (Lipinski definition) is 0.